The Balaban J connectivity index is 1.88. The average Bonchev–Trinajstić information content (AvgIpc) is 2.62. The fourth-order valence-electron chi connectivity index (χ4n) is 2.66. The highest BCUT2D eigenvalue weighted by Crippen LogP contribution is 2.22. The third kappa shape index (κ3) is 5.32. The normalized spacial score (nSPS) is 11.3. The predicted molar refractivity (Wildman–Crippen MR) is 110 cm³/mol. The van der Waals surface area contributed by atoms with E-state index in [0.29, 0.717) is 16.3 Å². The molecule has 9 heteroatoms. The Hall–Kier alpha value is -2.48. The Morgan fingerprint density at radius 2 is 1.66 bits per heavy atom. The molecule has 150 valence electrons. The molecule has 1 heterocycles. The van der Waals surface area contributed by atoms with E-state index in [1.807, 2.05) is 19.9 Å². The average molecular weight is 451 g/mol. The lowest BCUT2D eigenvalue weighted by molar-refractivity contribution is 0.0727. The van der Waals surface area contributed by atoms with Crippen molar-refractivity contribution in [2.24, 2.45) is 0 Å². The fourth-order valence-corrected chi connectivity index (χ4v) is 4.15. The van der Waals surface area contributed by atoms with E-state index >= 15 is 0 Å². The van der Waals surface area contributed by atoms with Crippen molar-refractivity contribution >= 4 is 39.0 Å². The van der Waals surface area contributed by atoms with Gasteiger partial charge in [0, 0.05) is 5.02 Å². The van der Waals surface area contributed by atoms with Crippen molar-refractivity contribution in [2.45, 2.75) is 24.8 Å². The Morgan fingerprint density at radius 3 is 2.28 bits per heavy atom. The van der Waals surface area contributed by atoms with Crippen LogP contribution in [0.4, 0.5) is 0 Å². The maximum absolute atomic E-state index is 12.7. The lowest BCUT2D eigenvalue weighted by Gasteiger charge is -2.09. The number of aryl methyl sites for hydroxylation is 2. The molecule has 0 N–H and O–H groups in total. The lowest BCUT2D eigenvalue weighted by atomic mass is 10.1. The second kappa shape index (κ2) is 8.49. The summed E-state index contributed by atoms with van der Waals surface area (Å²) in [4.78, 5) is 20.2. The van der Waals surface area contributed by atoms with Gasteiger partial charge in [0.25, 0.3) is 0 Å². The first-order chi connectivity index (χ1) is 13.6. The Bertz CT molecular complexity index is 1160. The number of esters is 1. The number of benzene rings is 2. The molecule has 0 spiro atoms. The van der Waals surface area contributed by atoms with Crippen LogP contribution in [0.1, 0.15) is 27.2 Å². The third-order valence-corrected chi connectivity index (χ3v) is 5.86. The summed E-state index contributed by atoms with van der Waals surface area (Å²) in [6.07, 6.45) is 1.07. The van der Waals surface area contributed by atoms with Crippen molar-refractivity contribution in [1.29, 1.82) is 0 Å². The Kier molecular flexibility index (Phi) is 6.21. The summed E-state index contributed by atoms with van der Waals surface area (Å²) in [5.41, 5.74) is 2.00. The number of hydrogen-bond acceptors (Lipinski definition) is 6. The van der Waals surface area contributed by atoms with E-state index in [0.717, 1.165) is 17.3 Å². The summed E-state index contributed by atoms with van der Waals surface area (Å²) in [6.45, 7) is 3.73. The molecular weight excluding hydrogens is 435 g/mol. The van der Waals surface area contributed by atoms with Gasteiger partial charge in [-0.05, 0) is 54.8 Å². The van der Waals surface area contributed by atoms with Gasteiger partial charge in [-0.3, -0.25) is 0 Å². The Morgan fingerprint density at radius 1 is 1.03 bits per heavy atom. The molecule has 3 rings (SSSR count). The molecule has 29 heavy (non-hydrogen) atoms. The minimum absolute atomic E-state index is 0.107. The number of halogens is 2. The van der Waals surface area contributed by atoms with Crippen LogP contribution in [0, 0.1) is 13.8 Å². The quantitative estimate of drug-likeness (QED) is 0.320. The largest absolute Gasteiger partial charge is 0.422 e. The molecule has 2 aromatic carbocycles. The molecule has 0 saturated carbocycles. The zero-order chi connectivity index (χ0) is 21.2. The van der Waals surface area contributed by atoms with Crippen LogP contribution >= 0.6 is 23.2 Å². The van der Waals surface area contributed by atoms with E-state index in [2.05, 4.69) is 9.97 Å². The first kappa shape index (κ1) is 21.2. The van der Waals surface area contributed by atoms with Gasteiger partial charge in [-0.2, -0.15) is 0 Å². The molecule has 0 saturated heterocycles. The maximum Gasteiger partial charge on any atom is 0.364 e. The summed E-state index contributed by atoms with van der Waals surface area (Å²) in [7, 11) is -3.92. The molecule has 0 aliphatic carbocycles. The molecule has 0 aliphatic heterocycles. The van der Waals surface area contributed by atoms with Crippen LogP contribution in [0.2, 0.25) is 10.0 Å². The van der Waals surface area contributed by atoms with E-state index < -0.39 is 21.0 Å². The van der Waals surface area contributed by atoms with Crippen molar-refractivity contribution in [3.8, 4) is 5.75 Å². The van der Waals surface area contributed by atoms with E-state index in [-0.39, 0.29) is 16.5 Å². The van der Waals surface area contributed by atoms with Crippen molar-refractivity contribution in [3.63, 3.8) is 0 Å². The topological polar surface area (TPSA) is 86.2 Å². The highest BCUT2D eigenvalue weighted by atomic mass is 35.5. The van der Waals surface area contributed by atoms with Gasteiger partial charge in [0.1, 0.15) is 5.75 Å². The zero-order valence-electron chi connectivity index (χ0n) is 15.5. The minimum atomic E-state index is -3.92. The van der Waals surface area contributed by atoms with Crippen LogP contribution < -0.4 is 4.74 Å². The van der Waals surface area contributed by atoms with Gasteiger partial charge in [0.05, 0.1) is 17.0 Å². The number of ether oxygens (including phenoxy) is 1. The molecule has 0 unspecified atom stereocenters. The van der Waals surface area contributed by atoms with Gasteiger partial charge in [-0.15, -0.1) is 0 Å². The third-order valence-electron chi connectivity index (χ3n) is 3.87. The number of nitrogens with zero attached hydrogens (tertiary/aromatic N) is 2. The summed E-state index contributed by atoms with van der Waals surface area (Å²) in [5, 5.41) is -0.126. The first-order valence-corrected chi connectivity index (χ1v) is 10.8. The summed E-state index contributed by atoms with van der Waals surface area (Å²) >= 11 is 11.8. The fraction of sp³-hybridized carbons (Fsp3) is 0.150. The second-order valence-corrected chi connectivity index (χ2v) is 9.17. The van der Waals surface area contributed by atoms with Crippen LogP contribution in [0.25, 0.3) is 0 Å². The smallest absolute Gasteiger partial charge is 0.364 e. The predicted octanol–water partition coefficient (Wildman–Crippen LogP) is 4.59. The highest BCUT2D eigenvalue weighted by molar-refractivity contribution is 7.90. The summed E-state index contributed by atoms with van der Waals surface area (Å²) < 4.78 is 30.7. The molecule has 0 atom stereocenters. The van der Waals surface area contributed by atoms with Crippen molar-refractivity contribution in [1.82, 2.24) is 9.97 Å². The molecule has 1 aromatic heterocycles. The van der Waals surface area contributed by atoms with Gasteiger partial charge >= 0.3 is 5.97 Å². The number of carbonyl (C=O) groups excluding carboxylic acids is 1. The van der Waals surface area contributed by atoms with Gasteiger partial charge in [-0.25, -0.2) is 23.2 Å². The van der Waals surface area contributed by atoms with Crippen LogP contribution in [-0.4, -0.2) is 24.4 Å². The number of aromatic nitrogens is 2. The van der Waals surface area contributed by atoms with E-state index in [4.69, 9.17) is 27.9 Å². The zero-order valence-corrected chi connectivity index (χ0v) is 17.8. The van der Waals surface area contributed by atoms with E-state index in [1.54, 1.807) is 36.4 Å². The number of carbonyl (C=O) groups is 1. The van der Waals surface area contributed by atoms with E-state index in [9.17, 15) is 13.2 Å². The van der Waals surface area contributed by atoms with Gasteiger partial charge in [-0.1, -0.05) is 41.4 Å². The van der Waals surface area contributed by atoms with Crippen LogP contribution in [0.5, 0.6) is 5.75 Å². The van der Waals surface area contributed by atoms with Crippen molar-refractivity contribution in [3.05, 3.63) is 81.1 Å². The molecule has 6 nitrogen and oxygen atoms in total. The van der Waals surface area contributed by atoms with Crippen LogP contribution in [0.15, 0.2) is 53.8 Å². The molecular formula is C20H16Cl2N2O4S. The summed E-state index contributed by atoms with van der Waals surface area (Å²) in [5.74, 6) is -0.907. The van der Waals surface area contributed by atoms with Crippen molar-refractivity contribution < 1.29 is 17.9 Å². The second-order valence-electron chi connectivity index (χ2n) is 6.45. The first-order valence-electron chi connectivity index (χ1n) is 8.44. The Labute approximate surface area is 178 Å². The number of sulfone groups is 1. The molecule has 0 fully saturated rings. The molecule has 0 radical (unpaired) electrons. The molecule has 0 bridgehead atoms. The number of rotatable bonds is 5. The highest BCUT2D eigenvalue weighted by Gasteiger charge is 2.24. The SMILES string of the molecule is Cc1cc(C)cc(OC(=O)c2nc(S(=O)(=O)Cc3ccc(Cl)cc3)ncc2Cl)c1. The maximum atomic E-state index is 12.7. The van der Waals surface area contributed by atoms with Gasteiger partial charge in [0.2, 0.25) is 15.0 Å². The van der Waals surface area contributed by atoms with E-state index in [1.165, 1.54) is 0 Å². The standard InChI is InChI=1S/C20H16Cl2N2O4S/c1-12-7-13(2)9-16(8-12)28-19(25)18-17(22)10-23-20(24-18)29(26,27)11-14-3-5-15(21)6-4-14/h3-10H,11H2,1-2H3. The molecule has 3 aromatic rings. The lowest BCUT2D eigenvalue weighted by Crippen LogP contribution is -2.16. The molecule has 0 aliphatic rings. The van der Waals surface area contributed by atoms with Gasteiger partial charge < -0.3 is 4.74 Å². The molecule has 0 amide bonds. The number of hydrogen-bond donors (Lipinski definition) is 0. The van der Waals surface area contributed by atoms with Crippen molar-refractivity contribution in [2.75, 3.05) is 0 Å². The van der Waals surface area contributed by atoms with Crippen LogP contribution in [-0.2, 0) is 15.6 Å². The van der Waals surface area contributed by atoms with Gasteiger partial charge in [0.15, 0.2) is 5.69 Å². The monoisotopic (exact) mass is 450 g/mol. The minimum Gasteiger partial charge on any atom is -0.422 e. The van der Waals surface area contributed by atoms with Crippen LogP contribution in [0.3, 0.4) is 0 Å². The summed E-state index contributed by atoms with van der Waals surface area (Å²) in [6, 6.07) is 11.6.